The number of aromatic nitrogens is 2. The number of fused-ring (bicyclic) bond motifs is 1. The van der Waals surface area contributed by atoms with Crippen LogP contribution in [0.15, 0.2) is 36.0 Å². The van der Waals surface area contributed by atoms with Gasteiger partial charge < -0.3 is 14.8 Å². The summed E-state index contributed by atoms with van der Waals surface area (Å²) in [5.74, 6) is 0.991. The molecule has 1 N–H and O–H groups in total. The van der Waals surface area contributed by atoms with E-state index in [1.165, 1.54) is 0 Å². The van der Waals surface area contributed by atoms with Gasteiger partial charge in [0.05, 0.1) is 26.0 Å². The molecule has 2 aromatic heterocycles. The van der Waals surface area contributed by atoms with Crippen molar-refractivity contribution in [3.8, 4) is 11.5 Å². The number of nitrogens with zero attached hydrogens (tertiary/aromatic N) is 2. The zero-order valence-electron chi connectivity index (χ0n) is 12.9. The highest BCUT2D eigenvalue weighted by Crippen LogP contribution is 2.28. The lowest BCUT2D eigenvalue weighted by atomic mass is 10.2. The molecule has 3 rings (SSSR count). The summed E-state index contributed by atoms with van der Waals surface area (Å²) in [4.78, 5) is 17.6. The molecule has 0 aliphatic rings. The first-order valence-electron chi connectivity index (χ1n) is 7.21. The van der Waals surface area contributed by atoms with Crippen LogP contribution in [0.2, 0.25) is 0 Å². The number of ether oxygens (including phenoxy) is 2. The molecule has 0 saturated heterocycles. The smallest absolute Gasteiger partial charge is 0.251 e. The number of imidazole rings is 1. The first-order valence-corrected chi connectivity index (χ1v) is 8.09. The van der Waals surface area contributed by atoms with Gasteiger partial charge in [-0.25, -0.2) is 4.98 Å². The Bertz CT molecular complexity index is 796. The van der Waals surface area contributed by atoms with Crippen LogP contribution in [0.4, 0.5) is 0 Å². The van der Waals surface area contributed by atoms with E-state index in [0.29, 0.717) is 30.2 Å². The maximum absolute atomic E-state index is 12.3. The second-order valence-corrected chi connectivity index (χ2v) is 5.68. The van der Waals surface area contributed by atoms with Gasteiger partial charge in [0, 0.05) is 23.3 Å². The molecule has 0 spiro atoms. The van der Waals surface area contributed by atoms with E-state index < -0.39 is 0 Å². The third-order valence-corrected chi connectivity index (χ3v) is 4.07. The number of methoxy groups -OCH3 is 1. The molecule has 0 aliphatic heterocycles. The highest BCUT2D eigenvalue weighted by atomic mass is 32.1. The van der Waals surface area contributed by atoms with Gasteiger partial charge in [-0.1, -0.05) is 0 Å². The molecule has 3 aromatic rings. The molecule has 120 valence electrons. The van der Waals surface area contributed by atoms with Crippen LogP contribution in [0.25, 0.3) is 4.96 Å². The van der Waals surface area contributed by atoms with Crippen molar-refractivity contribution in [2.24, 2.45) is 0 Å². The van der Waals surface area contributed by atoms with Gasteiger partial charge in [0.25, 0.3) is 5.91 Å². The average Bonchev–Trinajstić information content (AvgIpc) is 3.14. The minimum absolute atomic E-state index is 0.178. The number of rotatable bonds is 6. The summed E-state index contributed by atoms with van der Waals surface area (Å²) in [5.41, 5.74) is 1.34. The summed E-state index contributed by atoms with van der Waals surface area (Å²) in [5, 5.41) is 4.83. The predicted molar refractivity (Wildman–Crippen MR) is 88.4 cm³/mol. The van der Waals surface area contributed by atoms with Gasteiger partial charge in [0.15, 0.2) is 16.5 Å². The molecule has 1 aromatic carbocycles. The Kier molecular flexibility index (Phi) is 4.47. The number of thiazole rings is 1. The van der Waals surface area contributed by atoms with Crippen LogP contribution >= 0.6 is 11.3 Å². The quantitative estimate of drug-likeness (QED) is 0.754. The standard InChI is InChI=1S/C16H17N3O3S/c1-3-22-13-5-4-11(8-14(13)21-2)15(20)17-9-12-10-19-6-7-23-16(19)18-12/h4-8,10H,3,9H2,1-2H3,(H,17,20). The fourth-order valence-electron chi connectivity index (χ4n) is 2.22. The van der Waals surface area contributed by atoms with E-state index in [1.54, 1.807) is 36.6 Å². The highest BCUT2D eigenvalue weighted by Gasteiger charge is 2.11. The number of carbonyl (C=O) groups excluding carboxylic acids is 1. The van der Waals surface area contributed by atoms with Crippen molar-refractivity contribution < 1.29 is 14.3 Å². The second-order valence-electron chi connectivity index (χ2n) is 4.81. The zero-order chi connectivity index (χ0) is 16.2. The molecule has 0 saturated carbocycles. The number of hydrogen-bond acceptors (Lipinski definition) is 5. The predicted octanol–water partition coefficient (Wildman–Crippen LogP) is 2.73. The van der Waals surface area contributed by atoms with Gasteiger partial charge in [-0.05, 0) is 25.1 Å². The molecule has 2 heterocycles. The molecular formula is C16H17N3O3S. The summed E-state index contributed by atoms with van der Waals surface area (Å²) < 4.78 is 12.6. The molecule has 0 radical (unpaired) electrons. The Morgan fingerprint density at radius 2 is 2.26 bits per heavy atom. The van der Waals surface area contributed by atoms with Crippen LogP contribution in [0.3, 0.4) is 0 Å². The summed E-state index contributed by atoms with van der Waals surface area (Å²) in [6.07, 6.45) is 3.85. The van der Waals surface area contributed by atoms with Crippen molar-refractivity contribution in [3.05, 3.63) is 47.2 Å². The molecule has 0 fully saturated rings. The SMILES string of the molecule is CCOc1ccc(C(=O)NCc2cn3ccsc3n2)cc1OC. The Hall–Kier alpha value is -2.54. The molecule has 0 bridgehead atoms. The normalized spacial score (nSPS) is 10.7. The Morgan fingerprint density at radius 1 is 1.39 bits per heavy atom. The Morgan fingerprint density at radius 3 is 3.00 bits per heavy atom. The molecule has 23 heavy (non-hydrogen) atoms. The van der Waals surface area contributed by atoms with E-state index in [4.69, 9.17) is 9.47 Å². The third-order valence-electron chi connectivity index (χ3n) is 3.30. The Balaban J connectivity index is 1.68. The van der Waals surface area contributed by atoms with Crippen LogP contribution in [-0.4, -0.2) is 29.0 Å². The van der Waals surface area contributed by atoms with E-state index in [2.05, 4.69) is 10.3 Å². The molecule has 0 unspecified atom stereocenters. The second kappa shape index (κ2) is 6.70. The molecule has 0 aliphatic carbocycles. The largest absolute Gasteiger partial charge is 0.493 e. The number of benzene rings is 1. The van der Waals surface area contributed by atoms with Crippen LogP contribution in [-0.2, 0) is 6.54 Å². The van der Waals surface area contributed by atoms with Gasteiger partial charge in [0.1, 0.15) is 0 Å². The van der Waals surface area contributed by atoms with Crippen molar-refractivity contribution in [2.45, 2.75) is 13.5 Å². The summed E-state index contributed by atoms with van der Waals surface area (Å²) >= 11 is 1.56. The van der Waals surface area contributed by atoms with Crippen LogP contribution in [0.5, 0.6) is 11.5 Å². The van der Waals surface area contributed by atoms with Crippen molar-refractivity contribution in [2.75, 3.05) is 13.7 Å². The van der Waals surface area contributed by atoms with Crippen molar-refractivity contribution >= 4 is 22.2 Å². The van der Waals surface area contributed by atoms with Gasteiger partial charge in [-0.2, -0.15) is 0 Å². The first kappa shape index (κ1) is 15.4. The average molecular weight is 331 g/mol. The van der Waals surface area contributed by atoms with Gasteiger partial charge in [-0.3, -0.25) is 9.20 Å². The number of hydrogen-bond donors (Lipinski definition) is 1. The van der Waals surface area contributed by atoms with E-state index in [9.17, 15) is 4.79 Å². The monoisotopic (exact) mass is 331 g/mol. The van der Waals surface area contributed by atoms with Crippen molar-refractivity contribution in [1.29, 1.82) is 0 Å². The highest BCUT2D eigenvalue weighted by molar-refractivity contribution is 7.15. The minimum Gasteiger partial charge on any atom is -0.493 e. The van der Waals surface area contributed by atoms with E-state index >= 15 is 0 Å². The summed E-state index contributed by atoms with van der Waals surface area (Å²) in [7, 11) is 1.55. The lowest BCUT2D eigenvalue weighted by Gasteiger charge is -2.11. The van der Waals surface area contributed by atoms with Crippen LogP contribution in [0.1, 0.15) is 23.0 Å². The summed E-state index contributed by atoms with van der Waals surface area (Å²) in [6.45, 7) is 2.82. The van der Waals surface area contributed by atoms with Gasteiger partial charge >= 0.3 is 0 Å². The number of carbonyl (C=O) groups is 1. The first-order chi connectivity index (χ1) is 11.2. The molecule has 7 heteroatoms. The van der Waals surface area contributed by atoms with Gasteiger partial charge in [0.2, 0.25) is 0 Å². The third kappa shape index (κ3) is 3.29. The number of amides is 1. The van der Waals surface area contributed by atoms with E-state index in [1.807, 2.05) is 29.1 Å². The maximum Gasteiger partial charge on any atom is 0.251 e. The van der Waals surface area contributed by atoms with Crippen LogP contribution in [0, 0.1) is 0 Å². The van der Waals surface area contributed by atoms with Crippen molar-refractivity contribution in [3.63, 3.8) is 0 Å². The molecule has 0 atom stereocenters. The maximum atomic E-state index is 12.3. The topological polar surface area (TPSA) is 64.9 Å². The summed E-state index contributed by atoms with van der Waals surface area (Å²) in [6, 6.07) is 5.13. The lowest BCUT2D eigenvalue weighted by molar-refractivity contribution is 0.0950. The zero-order valence-corrected chi connectivity index (χ0v) is 13.7. The van der Waals surface area contributed by atoms with E-state index in [0.717, 1.165) is 10.7 Å². The molecular weight excluding hydrogens is 314 g/mol. The Labute approximate surface area is 137 Å². The fraction of sp³-hybridized carbons (Fsp3) is 0.250. The number of nitrogens with one attached hydrogen (secondary N) is 1. The van der Waals surface area contributed by atoms with Crippen LogP contribution < -0.4 is 14.8 Å². The van der Waals surface area contributed by atoms with E-state index in [-0.39, 0.29) is 5.91 Å². The molecule has 1 amide bonds. The van der Waals surface area contributed by atoms with Crippen molar-refractivity contribution in [1.82, 2.24) is 14.7 Å². The minimum atomic E-state index is -0.178. The van der Waals surface area contributed by atoms with Gasteiger partial charge in [-0.15, -0.1) is 11.3 Å². The lowest BCUT2D eigenvalue weighted by Crippen LogP contribution is -2.23. The molecule has 6 nitrogen and oxygen atoms in total. The fourth-order valence-corrected chi connectivity index (χ4v) is 2.94.